The fourth-order valence-corrected chi connectivity index (χ4v) is 6.24. The normalized spacial score (nSPS) is 15.8. The van der Waals surface area contributed by atoms with Crippen molar-refractivity contribution in [1.29, 1.82) is 0 Å². The van der Waals surface area contributed by atoms with Gasteiger partial charge in [-0.05, 0) is 35.9 Å². The number of aromatic nitrogens is 2. The van der Waals surface area contributed by atoms with E-state index in [1.54, 1.807) is 30.3 Å². The van der Waals surface area contributed by atoms with Crippen LogP contribution in [0.5, 0.6) is 0 Å². The molecule has 0 aliphatic carbocycles. The number of anilines is 1. The van der Waals surface area contributed by atoms with E-state index in [-0.39, 0.29) is 22.2 Å². The fraction of sp³-hybridized carbons (Fsp3) is 0.0769. The maximum Gasteiger partial charge on any atom is 0.296 e. The molecule has 0 bridgehead atoms. The average Bonchev–Trinajstić information content (AvgIpc) is 3.70. The highest BCUT2D eigenvalue weighted by molar-refractivity contribution is 8.00. The van der Waals surface area contributed by atoms with Gasteiger partial charge in [0.2, 0.25) is 10.9 Å². The van der Waals surface area contributed by atoms with Crippen LogP contribution >= 0.6 is 34.7 Å². The first kappa shape index (κ1) is 23.5. The molecule has 184 valence electrons. The largest absolute Gasteiger partial charge is 0.503 e. The molecule has 0 fully saturated rings. The Morgan fingerprint density at radius 2 is 1.92 bits per heavy atom. The molecule has 2 aromatic carbocycles. The summed E-state index contributed by atoms with van der Waals surface area (Å²) >= 11 is 8.83. The smallest absolute Gasteiger partial charge is 0.296 e. The number of carbonyl (C=O) groups excluding carboxylic acids is 2. The molecule has 8 nitrogen and oxygen atoms in total. The number of carbonyl (C=O) groups is 2. The van der Waals surface area contributed by atoms with Crippen LogP contribution in [0, 0.1) is 0 Å². The number of benzene rings is 2. The van der Waals surface area contributed by atoms with Crippen LogP contribution in [0.15, 0.2) is 97.5 Å². The molecule has 1 N–H and O–H groups in total. The summed E-state index contributed by atoms with van der Waals surface area (Å²) in [7, 11) is 0. The molecule has 1 unspecified atom stereocenters. The van der Waals surface area contributed by atoms with Crippen LogP contribution < -0.4 is 4.90 Å². The summed E-state index contributed by atoms with van der Waals surface area (Å²) < 4.78 is 11.9. The molecule has 0 saturated carbocycles. The Hall–Kier alpha value is -3.86. The van der Waals surface area contributed by atoms with Crippen LogP contribution in [-0.2, 0) is 10.5 Å². The van der Waals surface area contributed by atoms with Crippen molar-refractivity contribution in [3.8, 4) is 0 Å². The summed E-state index contributed by atoms with van der Waals surface area (Å²) in [6, 6.07) is 18.5. The maximum atomic E-state index is 13.6. The molecule has 6 rings (SSSR count). The van der Waals surface area contributed by atoms with Gasteiger partial charge in [0.15, 0.2) is 15.9 Å². The molecule has 4 heterocycles. The number of Topliss-reactive ketones (excluding diaryl/α,β-unsaturated/α-hetero) is 1. The van der Waals surface area contributed by atoms with Gasteiger partial charge in [-0.25, -0.2) is 0 Å². The SMILES string of the molecule is O=C(C1=C(O)C(=O)N(c2nnc(SCc3ccccc3Cl)s2)C1c1ccco1)c1cc2ccccc2o1. The standard InChI is InChI=1S/C26H16ClN3O5S2/c27-16-8-3-1-7-15(16)13-36-26-29-28-25(37-26)30-21(18-10-5-11-34-18)20(23(32)24(30)33)22(31)19-12-14-6-2-4-9-17(14)35-19/h1-12,21,32H,13H2. The zero-order valence-corrected chi connectivity index (χ0v) is 21.2. The lowest BCUT2D eigenvalue weighted by Crippen LogP contribution is -2.30. The third kappa shape index (κ3) is 4.22. The van der Waals surface area contributed by atoms with Crippen LogP contribution in [0.4, 0.5) is 5.13 Å². The number of nitrogens with zero attached hydrogens (tertiary/aromatic N) is 3. The maximum absolute atomic E-state index is 13.6. The van der Waals surface area contributed by atoms with Crippen molar-refractivity contribution in [2.24, 2.45) is 0 Å². The van der Waals surface area contributed by atoms with Crippen molar-refractivity contribution in [3.05, 3.63) is 106 Å². The molecule has 37 heavy (non-hydrogen) atoms. The highest BCUT2D eigenvalue weighted by atomic mass is 35.5. The summed E-state index contributed by atoms with van der Waals surface area (Å²) in [6.07, 6.45) is 1.43. The van der Waals surface area contributed by atoms with E-state index < -0.39 is 23.5 Å². The number of aliphatic hydroxyl groups is 1. The number of thioether (sulfide) groups is 1. The summed E-state index contributed by atoms with van der Waals surface area (Å²) in [5.74, 6) is -1.24. The Bertz CT molecular complexity index is 1640. The zero-order valence-electron chi connectivity index (χ0n) is 18.8. The van der Waals surface area contributed by atoms with E-state index in [2.05, 4.69) is 10.2 Å². The number of halogens is 1. The van der Waals surface area contributed by atoms with E-state index in [4.69, 9.17) is 20.4 Å². The van der Waals surface area contributed by atoms with Gasteiger partial charge in [-0.2, -0.15) is 0 Å². The van der Waals surface area contributed by atoms with Gasteiger partial charge < -0.3 is 13.9 Å². The molecule has 0 radical (unpaired) electrons. The summed E-state index contributed by atoms with van der Waals surface area (Å²) in [6.45, 7) is 0. The Morgan fingerprint density at radius 1 is 1.11 bits per heavy atom. The number of furan rings is 2. The van der Waals surface area contributed by atoms with E-state index in [1.165, 1.54) is 22.9 Å². The third-order valence-corrected chi connectivity index (χ3v) is 8.30. The molecule has 1 aliphatic heterocycles. The van der Waals surface area contributed by atoms with Gasteiger partial charge in [-0.15, -0.1) is 10.2 Å². The van der Waals surface area contributed by atoms with Gasteiger partial charge in [-0.1, -0.05) is 71.1 Å². The molecule has 1 aliphatic rings. The van der Waals surface area contributed by atoms with Crippen LogP contribution in [0.3, 0.4) is 0 Å². The number of para-hydroxylation sites is 1. The van der Waals surface area contributed by atoms with Crippen molar-refractivity contribution in [2.45, 2.75) is 16.1 Å². The van der Waals surface area contributed by atoms with E-state index in [9.17, 15) is 14.7 Å². The molecule has 11 heteroatoms. The highest BCUT2D eigenvalue weighted by Crippen LogP contribution is 2.44. The lowest BCUT2D eigenvalue weighted by atomic mass is 10.00. The number of amides is 1. The van der Waals surface area contributed by atoms with Crippen molar-refractivity contribution in [2.75, 3.05) is 4.90 Å². The van der Waals surface area contributed by atoms with Crippen LogP contribution in [0.2, 0.25) is 5.02 Å². The average molecular weight is 550 g/mol. The number of hydrogen-bond donors (Lipinski definition) is 1. The number of fused-ring (bicyclic) bond motifs is 1. The minimum absolute atomic E-state index is 0.00204. The first-order chi connectivity index (χ1) is 18.0. The Morgan fingerprint density at radius 3 is 2.70 bits per heavy atom. The predicted octanol–water partition coefficient (Wildman–Crippen LogP) is 6.61. The van der Waals surface area contributed by atoms with E-state index >= 15 is 0 Å². The Labute approximate surface area is 223 Å². The molecule has 1 atom stereocenters. The number of rotatable bonds is 7. The van der Waals surface area contributed by atoms with Gasteiger partial charge in [0.25, 0.3) is 5.91 Å². The van der Waals surface area contributed by atoms with E-state index in [0.29, 0.717) is 20.7 Å². The lowest BCUT2D eigenvalue weighted by Gasteiger charge is -2.21. The quantitative estimate of drug-likeness (QED) is 0.137. The molecule has 0 spiro atoms. The van der Waals surface area contributed by atoms with Gasteiger partial charge in [-0.3, -0.25) is 14.5 Å². The molecular weight excluding hydrogens is 534 g/mol. The molecule has 3 aromatic heterocycles. The van der Waals surface area contributed by atoms with Crippen LogP contribution in [-0.4, -0.2) is 27.0 Å². The highest BCUT2D eigenvalue weighted by Gasteiger charge is 2.48. The predicted molar refractivity (Wildman–Crippen MR) is 140 cm³/mol. The molecule has 1 amide bonds. The van der Waals surface area contributed by atoms with E-state index in [1.807, 2.05) is 36.4 Å². The molecular formula is C26H16ClN3O5S2. The second-order valence-electron chi connectivity index (χ2n) is 8.06. The van der Waals surface area contributed by atoms with Gasteiger partial charge >= 0.3 is 0 Å². The number of hydrogen-bond acceptors (Lipinski definition) is 9. The minimum atomic E-state index is -1.04. The van der Waals surface area contributed by atoms with Gasteiger partial charge in [0.1, 0.15) is 17.4 Å². The third-order valence-electron chi connectivity index (χ3n) is 5.83. The minimum Gasteiger partial charge on any atom is -0.503 e. The summed E-state index contributed by atoms with van der Waals surface area (Å²) in [5.41, 5.74) is 1.31. The Balaban J connectivity index is 1.33. The monoisotopic (exact) mass is 549 g/mol. The topological polar surface area (TPSA) is 110 Å². The van der Waals surface area contributed by atoms with Crippen molar-refractivity contribution >= 4 is 62.5 Å². The van der Waals surface area contributed by atoms with Crippen molar-refractivity contribution in [3.63, 3.8) is 0 Å². The summed E-state index contributed by atoms with van der Waals surface area (Å²) in [5, 5.41) is 20.8. The lowest BCUT2D eigenvalue weighted by molar-refractivity contribution is -0.117. The summed E-state index contributed by atoms with van der Waals surface area (Å²) in [4.78, 5) is 28.1. The van der Waals surface area contributed by atoms with Crippen molar-refractivity contribution < 1.29 is 23.5 Å². The zero-order chi connectivity index (χ0) is 25.5. The Kier molecular flexibility index (Phi) is 6.07. The number of aliphatic hydroxyl groups excluding tert-OH is 1. The van der Waals surface area contributed by atoms with Crippen LogP contribution in [0.25, 0.3) is 11.0 Å². The van der Waals surface area contributed by atoms with Gasteiger partial charge in [0, 0.05) is 16.2 Å². The van der Waals surface area contributed by atoms with Gasteiger partial charge in [0.05, 0.1) is 11.8 Å². The second kappa shape index (κ2) is 9.55. The van der Waals surface area contributed by atoms with E-state index in [0.717, 1.165) is 22.3 Å². The first-order valence-electron chi connectivity index (χ1n) is 11.0. The molecule has 5 aromatic rings. The fourth-order valence-electron chi connectivity index (χ4n) is 4.09. The van der Waals surface area contributed by atoms with Crippen LogP contribution in [0.1, 0.15) is 27.9 Å². The number of ketones is 1. The molecule has 0 saturated heterocycles. The van der Waals surface area contributed by atoms with Crippen molar-refractivity contribution in [1.82, 2.24) is 10.2 Å². The second-order valence-corrected chi connectivity index (χ2v) is 10.6. The first-order valence-corrected chi connectivity index (χ1v) is 13.2.